The monoisotopic (exact) mass is 186 g/mol. The van der Waals surface area contributed by atoms with E-state index >= 15 is 0 Å². The first kappa shape index (κ1) is 8.75. The summed E-state index contributed by atoms with van der Waals surface area (Å²) in [5.41, 5.74) is 1.03. The smallest absolute Gasteiger partial charge is 0.134 e. The summed E-state index contributed by atoms with van der Waals surface area (Å²) in [4.78, 5) is 10.3. The highest BCUT2D eigenvalue weighted by Gasteiger charge is 2.02. The van der Waals surface area contributed by atoms with Crippen LogP contribution in [-0.2, 0) is 11.2 Å². The van der Waals surface area contributed by atoms with Crippen molar-refractivity contribution in [1.82, 2.24) is 0 Å². The summed E-state index contributed by atoms with van der Waals surface area (Å²) in [6.07, 6.45) is 1.18. The van der Waals surface area contributed by atoms with Crippen molar-refractivity contribution in [3.8, 4) is 11.3 Å². The van der Waals surface area contributed by atoms with Crippen LogP contribution in [0.5, 0.6) is 0 Å². The second-order valence-corrected chi connectivity index (χ2v) is 3.00. The molecule has 1 heterocycles. The third-order valence-corrected chi connectivity index (χ3v) is 2.00. The summed E-state index contributed by atoms with van der Waals surface area (Å²) < 4.78 is 5.48. The molecule has 0 fully saturated rings. The predicted molar refractivity (Wildman–Crippen MR) is 53.9 cm³/mol. The molecule has 2 nitrogen and oxygen atoms in total. The molecule has 1 aromatic carbocycles. The van der Waals surface area contributed by atoms with Crippen molar-refractivity contribution in [2.24, 2.45) is 0 Å². The molecule has 0 amide bonds. The van der Waals surface area contributed by atoms with E-state index in [1.54, 1.807) is 0 Å². The van der Waals surface area contributed by atoms with Gasteiger partial charge in [0, 0.05) is 5.56 Å². The molecule has 0 spiro atoms. The average molecular weight is 186 g/mol. The van der Waals surface area contributed by atoms with Crippen LogP contribution >= 0.6 is 0 Å². The zero-order chi connectivity index (χ0) is 9.80. The van der Waals surface area contributed by atoms with E-state index in [0.29, 0.717) is 12.2 Å². The van der Waals surface area contributed by atoms with E-state index in [0.717, 1.165) is 17.6 Å². The Balaban J connectivity index is 2.29. The SMILES string of the molecule is O=CCc1ccc(-c2ccccc2)o1. The Bertz CT molecular complexity index is 415. The lowest BCUT2D eigenvalue weighted by molar-refractivity contribution is -0.107. The average Bonchev–Trinajstić information content (AvgIpc) is 2.68. The molecule has 0 aliphatic carbocycles. The number of furan rings is 1. The Kier molecular flexibility index (Phi) is 2.45. The van der Waals surface area contributed by atoms with Crippen LogP contribution in [0, 0.1) is 0 Å². The molecule has 0 saturated carbocycles. The van der Waals surface area contributed by atoms with Crippen molar-refractivity contribution >= 4 is 6.29 Å². The van der Waals surface area contributed by atoms with Crippen LogP contribution in [0.3, 0.4) is 0 Å². The fraction of sp³-hybridized carbons (Fsp3) is 0.0833. The minimum atomic E-state index is 0.340. The maximum Gasteiger partial charge on any atom is 0.134 e. The minimum absolute atomic E-state index is 0.340. The predicted octanol–water partition coefficient (Wildman–Crippen LogP) is 2.69. The van der Waals surface area contributed by atoms with E-state index in [4.69, 9.17) is 4.42 Å². The lowest BCUT2D eigenvalue weighted by atomic mass is 10.2. The minimum Gasteiger partial charge on any atom is -0.461 e. The quantitative estimate of drug-likeness (QED) is 0.690. The topological polar surface area (TPSA) is 30.2 Å². The van der Waals surface area contributed by atoms with Gasteiger partial charge in [-0.05, 0) is 12.1 Å². The molecule has 2 aromatic rings. The zero-order valence-electron chi connectivity index (χ0n) is 7.64. The number of aldehydes is 1. The maximum absolute atomic E-state index is 10.3. The fourth-order valence-electron chi connectivity index (χ4n) is 1.33. The van der Waals surface area contributed by atoms with Gasteiger partial charge in [0.15, 0.2) is 0 Å². The molecule has 0 N–H and O–H groups in total. The van der Waals surface area contributed by atoms with E-state index in [-0.39, 0.29) is 0 Å². The highest BCUT2D eigenvalue weighted by atomic mass is 16.3. The van der Waals surface area contributed by atoms with Crippen LogP contribution in [0.1, 0.15) is 5.76 Å². The summed E-state index contributed by atoms with van der Waals surface area (Å²) >= 11 is 0. The van der Waals surface area contributed by atoms with Crippen molar-refractivity contribution in [2.45, 2.75) is 6.42 Å². The van der Waals surface area contributed by atoms with Gasteiger partial charge in [-0.25, -0.2) is 0 Å². The van der Waals surface area contributed by atoms with Gasteiger partial charge in [0.2, 0.25) is 0 Å². The zero-order valence-corrected chi connectivity index (χ0v) is 7.64. The first-order chi connectivity index (χ1) is 6.90. The molecular weight excluding hydrogens is 176 g/mol. The maximum atomic E-state index is 10.3. The summed E-state index contributed by atoms with van der Waals surface area (Å²) in [7, 11) is 0. The van der Waals surface area contributed by atoms with Gasteiger partial charge in [-0.3, -0.25) is 0 Å². The summed E-state index contributed by atoms with van der Waals surface area (Å²) in [6.45, 7) is 0. The molecule has 0 aliphatic rings. The highest BCUT2D eigenvalue weighted by Crippen LogP contribution is 2.21. The molecule has 2 heteroatoms. The van der Waals surface area contributed by atoms with E-state index in [1.807, 2.05) is 42.5 Å². The van der Waals surface area contributed by atoms with Crippen LogP contribution in [0.2, 0.25) is 0 Å². The molecule has 14 heavy (non-hydrogen) atoms. The van der Waals surface area contributed by atoms with Crippen LogP contribution in [0.15, 0.2) is 46.9 Å². The van der Waals surface area contributed by atoms with Gasteiger partial charge in [0.1, 0.15) is 17.8 Å². The highest BCUT2D eigenvalue weighted by molar-refractivity contribution is 5.59. The van der Waals surface area contributed by atoms with Crippen molar-refractivity contribution in [1.29, 1.82) is 0 Å². The van der Waals surface area contributed by atoms with E-state index in [9.17, 15) is 4.79 Å². The van der Waals surface area contributed by atoms with E-state index < -0.39 is 0 Å². The van der Waals surface area contributed by atoms with Gasteiger partial charge < -0.3 is 9.21 Å². The van der Waals surface area contributed by atoms with Gasteiger partial charge in [-0.15, -0.1) is 0 Å². The molecule has 0 bridgehead atoms. The first-order valence-electron chi connectivity index (χ1n) is 4.48. The number of carbonyl (C=O) groups excluding carboxylic acids is 1. The standard InChI is InChI=1S/C12H10O2/c13-9-8-11-6-7-12(14-11)10-4-2-1-3-5-10/h1-7,9H,8H2. The molecule has 2 rings (SSSR count). The summed E-state index contributed by atoms with van der Waals surface area (Å²) in [6, 6.07) is 13.5. The lowest BCUT2D eigenvalue weighted by Crippen LogP contribution is -1.79. The molecule has 0 unspecified atom stereocenters. The Morgan fingerprint density at radius 3 is 2.57 bits per heavy atom. The first-order valence-corrected chi connectivity index (χ1v) is 4.48. The fourth-order valence-corrected chi connectivity index (χ4v) is 1.33. The lowest BCUT2D eigenvalue weighted by Gasteiger charge is -1.94. The summed E-state index contributed by atoms with van der Waals surface area (Å²) in [5.74, 6) is 1.52. The second-order valence-electron chi connectivity index (χ2n) is 3.00. The van der Waals surface area contributed by atoms with Crippen molar-refractivity contribution in [2.75, 3.05) is 0 Å². The Hall–Kier alpha value is -1.83. The van der Waals surface area contributed by atoms with Crippen LogP contribution in [-0.4, -0.2) is 6.29 Å². The van der Waals surface area contributed by atoms with Crippen LogP contribution < -0.4 is 0 Å². The number of hydrogen-bond donors (Lipinski definition) is 0. The number of hydrogen-bond acceptors (Lipinski definition) is 2. The Morgan fingerprint density at radius 2 is 1.86 bits per heavy atom. The summed E-state index contributed by atoms with van der Waals surface area (Å²) in [5, 5.41) is 0. The second kappa shape index (κ2) is 3.92. The molecule has 0 saturated heterocycles. The third kappa shape index (κ3) is 1.74. The molecule has 0 radical (unpaired) electrons. The number of rotatable bonds is 3. The molecule has 70 valence electrons. The van der Waals surface area contributed by atoms with Gasteiger partial charge in [-0.2, -0.15) is 0 Å². The molecule has 0 aliphatic heterocycles. The van der Waals surface area contributed by atoms with Crippen LogP contribution in [0.4, 0.5) is 0 Å². The Morgan fingerprint density at radius 1 is 1.07 bits per heavy atom. The number of carbonyl (C=O) groups is 1. The Labute approximate surface area is 82.2 Å². The molecule has 1 aromatic heterocycles. The normalized spacial score (nSPS) is 10.0. The molecule has 0 atom stereocenters. The van der Waals surface area contributed by atoms with Crippen molar-refractivity contribution in [3.05, 3.63) is 48.2 Å². The van der Waals surface area contributed by atoms with Gasteiger partial charge in [-0.1, -0.05) is 30.3 Å². The molecular formula is C12H10O2. The van der Waals surface area contributed by atoms with Crippen LogP contribution in [0.25, 0.3) is 11.3 Å². The number of benzene rings is 1. The largest absolute Gasteiger partial charge is 0.461 e. The van der Waals surface area contributed by atoms with E-state index in [2.05, 4.69) is 0 Å². The van der Waals surface area contributed by atoms with E-state index in [1.165, 1.54) is 0 Å². The van der Waals surface area contributed by atoms with Crippen molar-refractivity contribution in [3.63, 3.8) is 0 Å². The van der Waals surface area contributed by atoms with Gasteiger partial charge in [0.05, 0.1) is 6.42 Å². The van der Waals surface area contributed by atoms with Gasteiger partial charge in [0.25, 0.3) is 0 Å². The van der Waals surface area contributed by atoms with Gasteiger partial charge >= 0.3 is 0 Å². The van der Waals surface area contributed by atoms with Crippen molar-refractivity contribution < 1.29 is 9.21 Å². The third-order valence-electron chi connectivity index (χ3n) is 2.00.